The Morgan fingerprint density at radius 1 is 1.11 bits per heavy atom. The molecule has 18 heavy (non-hydrogen) atoms. The molecule has 1 heterocycles. The Bertz CT molecular complexity index is 391. The predicted molar refractivity (Wildman–Crippen MR) is 73.6 cm³/mol. The van der Waals surface area contributed by atoms with Crippen LogP contribution in [0.3, 0.4) is 0 Å². The maximum Gasteiger partial charge on any atom is 0.222 e. The van der Waals surface area contributed by atoms with E-state index in [9.17, 15) is 4.79 Å². The summed E-state index contributed by atoms with van der Waals surface area (Å²) in [6.45, 7) is 5.83. The van der Waals surface area contributed by atoms with Crippen LogP contribution in [-0.2, 0) is 11.2 Å². The second-order valence-corrected chi connectivity index (χ2v) is 5.17. The van der Waals surface area contributed by atoms with E-state index in [0.29, 0.717) is 12.3 Å². The molecule has 3 heteroatoms. The van der Waals surface area contributed by atoms with Crippen LogP contribution < -0.4 is 0 Å². The molecular formula is C15H22N2O. The lowest BCUT2D eigenvalue weighted by atomic mass is 10.1. The second-order valence-electron chi connectivity index (χ2n) is 5.17. The molecule has 0 aliphatic carbocycles. The van der Waals surface area contributed by atoms with E-state index in [4.69, 9.17) is 0 Å². The molecule has 1 aromatic rings. The van der Waals surface area contributed by atoms with Crippen molar-refractivity contribution in [2.45, 2.75) is 19.8 Å². The van der Waals surface area contributed by atoms with Gasteiger partial charge in [0.05, 0.1) is 0 Å². The van der Waals surface area contributed by atoms with E-state index in [0.717, 1.165) is 32.6 Å². The van der Waals surface area contributed by atoms with Crippen LogP contribution in [0.2, 0.25) is 0 Å². The minimum Gasteiger partial charge on any atom is -0.340 e. The van der Waals surface area contributed by atoms with Crippen LogP contribution in [0.1, 0.15) is 17.5 Å². The van der Waals surface area contributed by atoms with E-state index in [-0.39, 0.29) is 0 Å². The van der Waals surface area contributed by atoms with Crippen molar-refractivity contribution >= 4 is 5.91 Å². The highest BCUT2D eigenvalue weighted by Crippen LogP contribution is 2.08. The van der Waals surface area contributed by atoms with E-state index in [1.54, 1.807) is 0 Å². The summed E-state index contributed by atoms with van der Waals surface area (Å²) >= 11 is 0. The molecule has 2 rings (SSSR count). The van der Waals surface area contributed by atoms with Crippen LogP contribution in [0.25, 0.3) is 0 Å². The first kappa shape index (κ1) is 13.1. The number of piperazine rings is 1. The molecule has 0 N–H and O–H groups in total. The van der Waals surface area contributed by atoms with Crippen LogP contribution >= 0.6 is 0 Å². The van der Waals surface area contributed by atoms with E-state index in [2.05, 4.69) is 43.1 Å². The van der Waals surface area contributed by atoms with Crippen molar-refractivity contribution in [1.82, 2.24) is 9.80 Å². The van der Waals surface area contributed by atoms with Gasteiger partial charge in [-0.25, -0.2) is 0 Å². The number of benzene rings is 1. The van der Waals surface area contributed by atoms with Crippen molar-refractivity contribution in [1.29, 1.82) is 0 Å². The molecule has 1 amide bonds. The van der Waals surface area contributed by atoms with E-state index in [1.165, 1.54) is 11.1 Å². The average Bonchev–Trinajstić information content (AvgIpc) is 2.38. The standard InChI is InChI=1S/C15H22N2O/c1-13-3-5-14(6-4-13)7-8-15(18)17-11-9-16(2)10-12-17/h3-6H,7-12H2,1-2H3. The summed E-state index contributed by atoms with van der Waals surface area (Å²) in [5.74, 6) is 0.295. The zero-order valence-electron chi connectivity index (χ0n) is 11.4. The third kappa shape index (κ3) is 3.57. The van der Waals surface area contributed by atoms with Crippen LogP contribution in [0.4, 0.5) is 0 Å². The molecule has 3 nitrogen and oxygen atoms in total. The number of aryl methyl sites for hydroxylation is 2. The second kappa shape index (κ2) is 6.01. The Morgan fingerprint density at radius 3 is 2.33 bits per heavy atom. The van der Waals surface area contributed by atoms with Gasteiger partial charge in [-0.05, 0) is 26.0 Å². The van der Waals surface area contributed by atoms with Crippen molar-refractivity contribution in [3.05, 3.63) is 35.4 Å². The lowest BCUT2D eigenvalue weighted by Gasteiger charge is -2.32. The molecule has 0 radical (unpaired) electrons. The fraction of sp³-hybridized carbons (Fsp3) is 0.533. The van der Waals surface area contributed by atoms with Gasteiger partial charge in [0.2, 0.25) is 5.91 Å². The third-order valence-corrected chi connectivity index (χ3v) is 3.60. The van der Waals surface area contributed by atoms with Gasteiger partial charge in [0, 0.05) is 32.6 Å². The Labute approximate surface area is 109 Å². The Kier molecular flexibility index (Phi) is 4.37. The van der Waals surface area contributed by atoms with Gasteiger partial charge in [-0.3, -0.25) is 4.79 Å². The Hall–Kier alpha value is -1.35. The quantitative estimate of drug-likeness (QED) is 0.810. The molecule has 0 spiro atoms. The predicted octanol–water partition coefficient (Wildman–Crippen LogP) is 1.70. The van der Waals surface area contributed by atoms with Crippen LogP contribution in [0, 0.1) is 6.92 Å². The maximum absolute atomic E-state index is 12.1. The number of carbonyl (C=O) groups is 1. The van der Waals surface area contributed by atoms with Crippen molar-refractivity contribution in [2.24, 2.45) is 0 Å². The smallest absolute Gasteiger partial charge is 0.222 e. The normalized spacial score (nSPS) is 16.9. The van der Waals surface area contributed by atoms with E-state index >= 15 is 0 Å². The highest BCUT2D eigenvalue weighted by atomic mass is 16.2. The summed E-state index contributed by atoms with van der Waals surface area (Å²) in [5, 5.41) is 0. The fourth-order valence-corrected chi connectivity index (χ4v) is 2.22. The zero-order valence-corrected chi connectivity index (χ0v) is 11.4. The van der Waals surface area contributed by atoms with Gasteiger partial charge in [-0.15, -0.1) is 0 Å². The number of amides is 1. The summed E-state index contributed by atoms with van der Waals surface area (Å²) in [7, 11) is 2.11. The number of carbonyl (C=O) groups excluding carboxylic acids is 1. The first-order valence-corrected chi connectivity index (χ1v) is 6.67. The molecule has 1 aromatic carbocycles. The van der Waals surface area contributed by atoms with Gasteiger partial charge in [0.25, 0.3) is 0 Å². The average molecular weight is 246 g/mol. The number of likely N-dealkylation sites (N-methyl/N-ethyl adjacent to an activating group) is 1. The molecule has 0 bridgehead atoms. The minimum atomic E-state index is 0.295. The van der Waals surface area contributed by atoms with Gasteiger partial charge in [-0.1, -0.05) is 29.8 Å². The summed E-state index contributed by atoms with van der Waals surface area (Å²) in [4.78, 5) is 16.3. The molecule has 0 unspecified atom stereocenters. The minimum absolute atomic E-state index is 0.295. The van der Waals surface area contributed by atoms with Crippen LogP contribution in [-0.4, -0.2) is 48.9 Å². The molecule has 0 atom stereocenters. The maximum atomic E-state index is 12.1. The Balaban J connectivity index is 1.79. The zero-order chi connectivity index (χ0) is 13.0. The highest BCUT2D eigenvalue weighted by molar-refractivity contribution is 5.76. The molecular weight excluding hydrogens is 224 g/mol. The fourth-order valence-electron chi connectivity index (χ4n) is 2.22. The van der Waals surface area contributed by atoms with Gasteiger partial charge in [-0.2, -0.15) is 0 Å². The highest BCUT2D eigenvalue weighted by Gasteiger charge is 2.18. The number of nitrogens with zero attached hydrogens (tertiary/aromatic N) is 2. The van der Waals surface area contributed by atoms with Gasteiger partial charge >= 0.3 is 0 Å². The summed E-state index contributed by atoms with van der Waals surface area (Å²) < 4.78 is 0. The van der Waals surface area contributed by atoms with Gasteiger partial charge < -0.3 is 9.80 Å². The summed E-state index contributed by atoms with van der Waals surface area (Å²) in [6, 6.07) is 8.45. The molecule has 98 valence electrons. The lowest BCUT2D eigenvalue weighted by molar-refractivity contribution is -0.132. The van der Waals surface area contributed by atoms with Crippen molar-refractivity contribution in [3.63, 3.8) is 0 Å². The number of rotatable bonds is 3. The SMILES string of the molecule is Cc1ccc(CCC(=O)N2CCN(C)CC2)cc1. The van der Waals surface area contributed by atoms with E-state index < -0.39 is 0 Å². The monoisotopic (exact) mass is 246 g/mol. The number of hydrogen-bond donors (Lipinski definition) is 0. The van der Waals surface area contributed by atoms with Gasteiger partial charge in [0.1, 0.15) is 0 Å². The first-order valence-electron chi connectivity index (χ1n) is 6.67. The van der Waals surface area contributed by atoms with Crippen molar-refractivity contribution < 1.29 is 4.79 Å². The lowest BCUT2D eigenvalue weighted by Crippen LogP contribution is -2.47. The third-order valence-electron chi connectivity index (χ3n) is 3.60. The summed E-state index contributed by atoms with van der Waals surface area (Å²) in [5.41, 5.74) is 2.52. The number of hydrogen-bond acceptors (Lipinski definition) is 2. The molecule has 1 aliphatic heterocycles. The van der Waals surface area contributed by atoms with Crippen LogP contribution in [0.5, 0.6) is 0 Å². The van der Waals surface area contributed by atoms with Crippen molar-refractivity contribution in [2.75, 3.05) is 33.2 Å². The molecule has 1 fully saturated rings. The molecule has 1 saturated heterocycles. The van der Waals surface area contributed by atoms with Crippen LogP contribution in [0.15, 0.2) is 24.3 Å². The first-order chi connectivity index (χ1) is 8.65. The largest absolute Gasteiger partial charge is 0.340 e. The Morgan fingerprint density at radius 2 is 1.72 bits per heavy atom. The van der Waals surface area contributed by atoms with Gasteiger partial charge in [0.15, 0.2) is 0 Å². The van der Waals surface area contributed by atoms with Crippen molar-refractivity contribution in [3.8, 4) is 0 Å². The van der Waals surface area contributed by atoms with E-state index in [1.807, 2.05) is 4.90 Å². The topological polar surface area (TPSA) is 23.6 Å². The summed E-state index contributed by atoms with van der Waals surface area (Å²) in [6.07, 6.45) is 1.48. The molecule has 1 aliphatic rings. The molecule has 0 aromatic heterocycles. The molecule has 0 saturated carbocycles.